The molecule has 1 saturated heterocycles. The van der Waals surface area contributed by atoms with E-state index in [-0.39, 0.29) is 24.3 Å². The van der Waals surface area contributed by atoms with Gasteiger partial charge in [-0.25, -0.2) is 4.98 Å². The Bertz CT molecular complexity index is 587. The molecule has 0 unspecified atom stereocenters. The first-order valence-electron chi connectivity index (χ1n) is 7.36. The van der Waals surface area contributed by atoms with E-state index in [1.807, 2.05) is 13.0 Å². The molecule has 0 spiro atoms. The molecule has 1 aromatic heterocycles. The fraction of sp³-hybridized carbons (Fsp3) is 0.533. The lowest BCUT2D eigenvalue weighted by Gasteiger charge is -2.34. The van der Waals surface area contributed by atoms with Crippen molar-refractivity contribution in [1.82, 2.24) is 10.3 Å². The smallest absolute Gasteiger partial charge is 0.244 e. The number of pyridine rings is 1. The number of amides is 2. The lowest BCUT2D eigenvalue weighted by Crippen LogP contribution is -2.49. The molecule has 112 valence electrons. The van der Waals surface area contributed by atoms with E-state index < -0.39 is 0 Å². The number of anilines is 2. The summed E-state index contributed by atoms with van der Waals surface area (Å²) in [7, 11) is 0. The van der Waals surface area contributed by atoms with Gasteiger partial charge < -0.3 is 10.6 Å². The second kappa shape index (κ2) is 5.44. The highest BCUT2D eigenvalue weighted by molar-refractivity contribution is 6.10. The Labute approximate surface area is 123 Å². The number of hydrogen-bond acceptors (Lipinski definition) is 4. The van der Waals surface area contributed by atoms with Crippen LogP contribution in [0.3, 0.4) is 0 Å². The fourth-order valence-corrected chi connectivity index (χ4v) is 3.06. The number of carbonyl (C=O) groups is 2. The second-order valence-corrected chi connectivity index (χ2v) is 5.88. The van der Waals surface area contributed by atoms with Crippen LogP contribution in [0.25, 0.3) is 0 Å². The summed E-state index contributed by atoms with van der Waals surface area (Å²) in [5.41, 5.74) is 1.58. The first-order chi connectivity index (χ1) is 10.1. The molecular formula is C15H20N4O2. The van der Waals surface area contributed by atoms with Crippen molar-refractivity contribution in [3.05, 3.63) is 17.8 Å². The van der Waals surface area contributed by atoms with Gasteiger partial charge in [0.15, 0.2) is 5.82 Å². The minimum Gasteiger partial charge on any atom is -0.321 e. The Morgan fingerprint density at radius 2 is 2.29 bits per heavy atom. The largest absolute Gasteiger partial charge is 0.321 e. The molecule has 3 rings (SSSR count). The molecule has 0 aromatic carbocycles. The average molecular weight is 288 g/mol. The number of aryl methyl sites for hydroxylation is 1. The quantitative estimate of drug-likeness (QED) is 0.810. The topological polar surface area (TPSA) is 74.3 Å². The predicted molar refractivity (Wildman–Crippen MR) is 80.1 cm³/mol. The van der Waals surface area contributed by atoms with Gasteiger partial charge in [-0.2, -0.15) is 0 Å². The molecule has 21 heavy (non-hydrogen) atoms. The standard InChI is InChI=1S/C15H20N4O2/c1-9-3-5-17-14-13(9)18-12(20)8-19(14)15(21)11-4-6-16-10(2)7-11/h3,5,10-11,16H,4,6-8H2,1-2H3,(H,18,20)/t10-,11-/m0/s1. The molecule has 0 bridgehead atoms. The number of rotatable bonds is 1. The highest BCUT2D eigenvalue weighted by Gasteiger charge is 2.34. The lowest BCUT2D eigenvalue weighted by molar-refractivity contribution is -0.125. The van der Waals surface area contributed by atoms with Crippen molar-refractivity contribution in [2.24, 2.45) is 5.92 Å². The van der Waals surface area contributed by atoms with E-state index in [9.17, 15) is 9.59 Å². The molecule has 6 heteroatoms. The van der Waals surface area contributed by atoms with Crippen LogP contribution < -0.4 is 15.5 Å². The maximum Gasteiger partial charge on any atom is 0.244 e. The van der Waals surface area contributed by atoms with Crippen LogP contribution >= 0.6 is 0 Å². The zero-order chi connectivity index (χ0) is 15.0. The predicted octanol–water partition coefficient (Wildman–Crippen LogP) is 1.06. The molecule has 6 nitrogen and oxygen atoms in total. The van der Waals surface area contributed by atoms with Crippen molar-refractivity contribution >= 4 is 23.3 Å². The molecule has 2 atom stereocenters. The van der Waals surface area contributed by atoms with E-state index in [2.05, 4.69) is 22.5 Å². The number of aromatic nitrogens is 1. The summed E-state index contributed by atoms with van der Waals surface area (Å²) in [5.74, 6) is 0.389. The van der Waals surface area contributed by atoms with Crippen LogP contribution in [0.4, 0.5) is 11.5 Å². The van der Waals surface area contributed by atoms with Crippen LogP contribution in [-0.4, -0.2) is 35.9 Å². The van der Waals surface area contributed by atoms with Gasteiger partial charge in [-0.1, -0.05) is 0 Å². The van der Waals surface area contributed by atoms with E-state index in [4.69, 9.17) is 0 Å². The summed E-state index contributed by atoms with van der Waals surface area (Å²) in [6.45, 7) is 4.88. The summed E-state index contributed by atoms with van der Waals surface area (Å²) in [5, 5.41) is 6.16. The molecule has 2 aliphatic heterocycles. The summed E-state index contributed by atoms with van der Waals surface area (Å²) in [6.07, 6.45) is 3.29. The van der Waals surface area contributed by atoms with Crippen molar-refractivity contribution in [1.29, 1.82) is 0 Å². The van der Waals surface area contributed by atoms with Crippen molar-refractivity contribution in [3.63, 3.8) is 0 Å². The lowest BCUT2D eigenvalue weighted by atomic mass is 9.91. The highest BCUT2D eigenvalue weighted by Crippen LogP contribution is 2.32. The van der Waals surface area contributed by atoms with Gasteiger partial charge in [-0.3, -0.25) is 14.5 Å². The molecule has 1 fully saturated rings. The highest BCUT2D eigenvalue weighted by atomic mass is 16.2. The van der Waals surface area contributed by atoms with Crippen LogP contribution in [-0.2, 0) is 9.59 Å². The first-order valence-corrected chi connectivity index (χ1v) is 7.36. The SMILES string of the molecule is Cc1ccnc2c1NC(=O)CN2C(=O)[C@H]1CCN[C@@H](C)C1. The summed E-state index contributed by atoms with van der Waals surface area (Å²) in [4.78, 5) is 30.5. The molecule has 1 aromatic rings. The molecule has 0 radical (unpaired) electrons. The molecule has 2 N–H and O–H groups in total. The van der Waals surface area contributed by atoms with E-state index in [1.54, 1.807) is 11.1 Å². The van der Waals surface area contributed by atoms with Gasteiger partial charge in [0.25, 0.3) is 0 Å². The van der Waals surface area contributed by atoms with Crippen molar-refractivity contribution in [2.45, 2.75) is 32.7 Å². The van der Waals surface area contributed by atoms with E-state index in [0.29, 0.717) is 17.5 Å². The number of nitrogens with one attached hydrogen (secondary N) is 2. The minimum absolute atomic E-state index is 0.0116. The maximum atomic E-state index is 12.8. The third-order valence-corrected chi connectivity index (χ3v) is 4.20. The van der Waals surface area contributed by atoms with E-state index in [0.717, 1.165) is 24.9 Å². The Morgan fingerprint density at radius 3 is 3.05 bits per heavy atom. The average Bonchev–Trinajstić information content (AvgIpc) is 2.47. The van der Waals surface area contributed by atoms with Crippen molar-refractivity contribution in [3.8, 4) is 0 Å². The van der Waals surface area contributed by atoms with E-state index in [1.165, 1.54) is 0 Å². The van der Waals surface area contributed by atoms with Crippen molar-refractivity contribution in [2.75, 3.05) is 23.3 Å². The van der Waals surface area contributed by atoms with E-state index >= 15 is 0 Å². The van der Waals surface area contributed by atoms with Gasteiger partial charge in [0.2, 0.25) is 11.8 Å². The minimum atomic E-state index is -0.158. The van der Waals surface area contributed by atoms with Crippen LogP contribution in [0, 0.1) is 12.8 Å². The van der Waals surface area contributed by atoms with Crippen LogP contribution in [0.1, 0.15) is 25.3 Å². The summed E-state index contributed by atoms with van der Waals surface area (Å²) in [6, 6.07) is 2.16. The zero-order valence-corrected chi connectivity index (χ0v) is 12.3. The normalized spacial score (nSPS) is 25.2. The number of piperidine rings is 1. The fourth-order valence-electron chi connectivity index (χ4n) is 3.06. The third kappa shape index (κ3) is 2.63. The third-order valence-electron chi connectivity index (χ3n) is 4.20. The molecular weight excluding hydrogens is 268 g/mol. The van der Waals surface area contributed by atoms with Crippen LogP contribution in [0.15, 0.2) is 12.3 Å². The summed E-state index contributed by atoms with van der Waals surface area (Å²) < 4.78 is 0. The van der Waals surface area contributed by atoms with Gasteiger partial charge >= 0.3 is 0 Å². The number of fused-ring (bicyclic) bond motifs is 1. The van der Waals surface area contributed by atoms with Crippen LogP contribution in [0.5, 0.6) is 0 Å². The van der Waals surface area contributed by atoms with Gasteiger partial charge in [0.05, 0.1) is 5.69 Å². The zero-order valence-electron chi connectivity index (χ0n) is 12.3. The Kier molecular flexibility index (Phi) is 3.63. The first kappa shape index (κ1) is 14.0. The Morgan fingerprint density at radius 1 is 1.48 bits per heavy atom. The van der Waals surface area contributed by atoms with Gasteiger partial charge in [-0.05, 0) is 44.9 Å². The Hall–Kier alpha value is -1.95. The number of nitrogens with zero attached hydrogens (tertiary/aromatic N) is 2. The number of carbonyl (C=O) groups excluding carboxylic acids is 2. The van der Waals surface area contributed by atoms with Crippen LogP contribution in [0.2, 0.25) is 0 Å². The van der Waals surface area contributed by atoms with Gasteiger partial charge in [0.1, 0.15) is 6.54 Å². The monoisotopic (exact) mass is 288 g/mol. The number of hydrogen-bond donors (Lipinski definition) is 2. The molecule has 0 aliphatic carbocycles. The molecule has 2 amide bonds. The Balaban J connectivity index is 1.90. The molecule has 2 aliphatic rings. The second-order valence-electron chi connectivity index (χ2n) is 5.88. The maximum absolute atomic E-state index is 12.8. The van der Waals surface area contributed by atoms with Gasteiger partial charge in [0, 0.05) is 18.2 Å². The molecule has 3 heterocycles. The van der Waals surface area contributed by atoms with Gasteiger partial charge in [-0.15, -0.1) is 0 Å². The molecule has 0 saturated carbocycles. The van der Waals surface area contributed by atoms with Crippen molar-refractivity contribution < 1.29 is 9.59 Å². The summed E-state index contributed by atoms with van der Waals surface area (Å²) >= 11 is 0.